The highest BCUT2D eigenvalue weighted by atomic mass is 19.2. The first-order valence-corrected chi connectivity index (χ1v) is 8.59. The number of aromatic hydroxyl groups is 1. The van der Waals surface area contributed by atoms with Gasteiger partial charge in [0.05, 0.1) is 0 Å². The van der Waals surface area contributed by atoms with Crippen LogP contribution >= 0.6 is 0 Å². The minimum Gasteiger partial charge on any atom is -0.508 e. The predicted molar refractivity (Wildman–Crippen MR) is 100.0 cm³/mol. The molecule has 0 saturated heterocycles. The van der Waals surface area contributed by atoms with E-state index in [0.717, 1.165) is 12.1 Å². The fourth-order valence-corrected chi connectivity index (χ4v) is 2.78. The molecule has 3 aromatic rings. The number of benzene rings is 3. The van der Waals surface area contributed by atoms with E-state index < -0.39 is 35.3 Å². The smallest absolute Gasteiger partial charge is 0.270 e. The van der Waals surface area contributed by atoms with E-state index >= 15 is 0 Å². The predicted octanol–water partition coefficient (Wildman–Crippen LogP) is 3.45. The van der Waals surface area contributed by atoms with Crippen LogP contribution in [0.4, 0.5) is 13.2 Å². The fraction of sp³-hybridized carbons (Fsp3) is 0.0476. The Bertz CT molecular complexity index is 1060. The summed E-state index contributed by atoms with van der Waals surface area (Å²) in [6.07, 6.45) is 0. The third-order valence-electron chi connectivity index (χ3n) is 4.34. The molecule has 0 bridgehead atoms. The number of hydrogen-bond acceptors (Lipinski definition) is 4. The van der Waals surface area contributed by atoms with Gasteiger partial charge in [0, 0.05) is 5.56 Å². The van der Waals surface area contributed by atoms with Crippen molar-refractivity contribution in [2.75, 3.05) is 0 Å². The molecule has 3 rings (SSSR count). The highest BCUT2D eigenvalue weighted by Gasteiger charge is 2.23. The van der Waals surface area contributed by atoms with Crippen LogP contribution < -0.4 is 10.8 Å². The molecule has 1 unspecified atom stereocenters. The Hall–Kier alpha value is -3.85. The molecule has 6 nitrogen and oxygen atoms in total. The van der Waals surface area contributed by atoms with Crippen LogP contribution in [0.3, 0.4) is 0 Å². The number of carbonyl (C=O) groups excluding carboxylic acids is 2. The largest absolute Gasteiger partial charge is 0.508 e. The highest BCUT2D eigenvalue weighted by Crippen LogP contribution is 2.26. The number of phenols is 1. The molecule has 0 aliphatic rings. The number of nitrogens with one attached hydrogen (secondary N) is 2. The van der Waals surface area contributed by atoms with Gasteiger partial charge in [-0.2, -0.15) is 0 Å². The number of amides is 2. The van der Waals surface area contributed by atoms with E-state index in [2.05, 4.69) is 5.32 Å². The molecule has 1 atom stereocenters. The molecule has 0 aliphatic carbocycles. The van der Waals surface area contributed by atoms with Gasteiger partial charge in [-0.3, -0.25) is 14.8 Å². The lowest BCUT2D eigenvalue weighted by Crippen LogP contribution is -2.39. The molecule has 2 amide bonds. The minimum atomic E-state index is -1.58. The molecule has 0 aromatic heterocycles. The van der Waals surface area contributed by atoms with Crippen LogP contribution in [0.2, 0.25) is 0 Å². The van der Waals surface area contributed by atoms with Crippen molar-refractivity contribution in [2.45, 2.75) is 6.04 Å². The number of hydroxylamine groups is 1. The zero-order valence-corrected chi connectivity index (χ0v) is 15.2. The van der Waals surface area contributed by atoms with E-state index in [1.165, 1.54) is 54.0 Å². The Morgan fingerprint density at radius 1 is 0.833 bits per heavy atom. The van der Waals surface area contributed by atoms with Gasteiger partial charge in [-0.1, -0.05) is 24.3 Å². The summed E-state index contributed by atoms with van der Waals surface area (Å²) in [7, 11) is 0. The van der Waals surface area contributed by atoms with Crippen LogP contribution in [0.25, 0.3) is 11.1 Å². The van der Waals surface area contributed by atoms with E-state index in [1.54, 1.807) is 0 Å². The van der Waals surface area contributed by atoms with Crippen LogP contribution in [0.5, 0.6) is 5.75 Å². The van der Waals surface area contributed by atoms with E-state index in [1.807, 2.05) is 0 Å². The topological polar surface area (TPSA) is 98.7 Å². The van der Waals surface area contributed by atoms with Gasteiger partial charge in [0.15, 0.2) is 17.5 Å². The van der Waals surface area contributed by atoms with Crippen LogP contribution in [0.15, 0.2) is 60.7 Å². The third-order valence-corrected chi connectivity index (χ3v) is 4.34. The number of phenolic OH excluding ortho intramolecular Hbond substituents is 1. The normalized spacial score (nSPS) is 11.6. The lowest BCUT2D eigenvalue weighted by molar-refractivity contribution is -0.131. The van der Waals surface area contributed by atoms with Gasteiger partial charge < -0.3 is 10.4 Å². The molecule has 154 valence electrons. The third kappa shape index (κ3) is 4.41. The maximum absolute atomic E-state index is 13.5. The van der Waals surface area contributed by atoms with Gasteiger partial charge >= 0.3 is 0 Å². The summed E-state index contributed by atoms with van der Waals surface area (Å²) in [4.78, 5) is 24.4. The van der Waals surface area contributed by atoms with Gasteiger partial charge in [0.1, 0.15) is 11.8 Å². The average Bonchev–Trinajstić information content (AvgIpc) is 2.75. The second-order valence-electron chi connectivity index (χ2n) is 6.31. The molecule has 0 fully saturated rings. The summed E-state index contributed by atoms with van der Waals surface area (Å²) >= 11 is 0. The molecule has 30 heavy (non-hydrogen) atoms. The zero-order valence-electron chi connectivity index (χ0n) is 15.2. The Morgan fingerprint density at radius 2 is 1.40 bits per heavy atom. The second kappa shape index (κ2) is 8.66. The summed E-state index contributed by atoms with van der Waals surface area (Å²) in [5.74, 6) is -5.86. The molecule has 0 radical (unpaired) electrons. The van der Waals surface area contributed by atoms with Crippen molar-refractivity contribution in [3.63, 3.8) is 0 Å². The quantitative estimate of drug-likeness (QED) is 0.291. The minimum absolute atomic E-state index is 0.0412. The Morgan fingerprint density at radius 3 is 1.93 bits per heavy atom. The van der Waals surface area contributed by atoms with Crippen LogP contribution in [-0.2, 0) is 4.79 Å². The fourth-order valence-electron chi connectivity index (χ4n) is 2.78. The maximum Gasteiger partial charge on any atom is 0.270 e. The molecule has 0 heterocycles. The van der Waals surface area contributed by atoms with Crippen LogP contribution in [-0.4, -0.2) is 22.1 Å². The number of rotatable bonds is 5. The van der Waals surface area contributed by atoms with Gasteiger partial charge in [-0.25, -0.2) is 18.7 Å². The average molecular weight is 416 g/mol. The van der Waals surface area contributed by atoms with E-state index in [0.29, 0.717) is 5.56 Å². The second-order valence-corrected chi connectivity index (χ2v) is 6.31. The standard InChI is InChI=1S/C21H15F3N2O4/c22-16-9-14(10-17(23)18(16)24)11-1-3-12(4-2-11)19(21(29)26-30)25-20(28)13-5-7-15(27)8-6-13/h1-10,19,27,30H,(H,25,28)(H,26,29). The summed E-state index contributed by atoms with van der Waals surface area (Å²) in [5.41, 5.74) is 2.31. The van der Waals surface area contributed by atoms with Crippen molar-refractivity contribution in [1.29, 1.82) is 0 Å². The van der Waals surface area contributed by atoms with Crippen molar-refractivity contribution in [2.24, 2.45) is 0 Å². The van der Waals surface area contributed by atoms with Crippen LogP contribution in [0.1, 0.15) is 22.0 Å². The van der Waals surface area contributed by atoms with E-state index in [-0.39, 0.29) is 22.4 Å². The molecular formula is C21H15F3N2O4. The lowest BCUT2D eigenvalue weighted by Gasteiger charge is -2.18. The molecule has 4 N–H and O–H groups in total. The first-order chi connectivity index (χ1) is 14.3. The van der Waals surface area contributed by atoms with Crippen molar-refractivity contribution in [3.8, 4) is 16.9 Å². The Labute approximate surface area is 168 Å². The number of halogens is 3. The summed E-state index contributed by atoms with van der Waals surface area (Å²) < 4.78 is 40.0. The first kappa shape index (κ1) is 20.9. The van der Waals surface area contributed by atoms with Crippen LogP contribution in [0, 0.1) is 17.5 Å². The van der Waals surface area contributed by atoms with Gasteiger partial charge in [0.25, 0.3) is 11.8 Å². The Balaban J connectivity index is 1.87. The molecule has 0 aliphatic heterocycles. The highest BCUT2D eigenvalue weighted by molar-refractivity contribution is 5.97. The summed E-state index contributed by atoms with van der Waals surface area (Å²) in [5, 5.41) is 20.7. The SMILES string of the molecule is O=C(NC(C(=O)NO)c1ccc(-c2cc(F)c(F)c(F)c2)cc1)c1ccc(O)cc1. The lowest BCUT2D eigenvalue weighted by atomic mass is 9.99. The first-order valence-electron chi connectivity index (χ1n) is 8.59. The van der Waals surface area contributed by atoms with Crippen molar-refractivity contribution in [3.05, 3.63) is 89.2 Å². The molecule has 0 spiro atoms. The van der Waals surface area contributed by atoms with E-state index in [4.69, 9.17) is 5.21 Å². The van der Waals surface area contributed by atoms with E-state index in [9.17, 15) is 27.9 Å². The monoisotopic (exact) mass is 416 g/mol. The molecular weight excluding hydrogens is 401 g/mol. The van der Waals surface area contributed by atoms with Crippen molar-refractivity contribution < 1.29 is 33.1 Å². The van der Waals surface area contributed by atoms with Gasteiger partial charge in [-0.05, 0) is 53.1 Å². The Kier molecular flexibility index (Phi) is 6.03. The molecule has 0 saturated carbocycles. The zero-order chi connectivity index (χ0) is 21.8. The molecule has 3 aromatic carbocycles. The van der Waals surface area contributed by atoms with Gasteiger partial charge in [0.2, 0.25) is 0 Å². The van der Waals surface area contributed by atoms with Crippen molar-refractivity contribution >= 4 is 11.8 Å². The number of hydrogen-bond donors (Lipinski definition) is 4. The summed E-state index contributed by atoms with van der Waals surface area (Å²) in [6.45, 7) is 0. The summed E-state index contributed by atoms with van der Waals surface area (Å²) in [6, 6.07) is 11.3. The number of carbonyl (C=O) groups is 2. The van der Waals surface area contributed by atoms with Crippen molar-refractivity contribution in [1.82, 2.24) is 10.8 Å². The van der Waals surface area contributed by atoms with Gasteiger partial charge in [-0.15, -0.1) is 0 Å². The maximum atomic E-state index is 13.5. The molecule has 9 heteroatoms.